The highest BCUT2D eigenvalue weighted by Gasteiger charge is 2.38. The number of hydrogen-bond donors (Lipinski definition) is 0. The highest BCUT2D eigenvalue weighted by Crippen LogP contribution is 2.22. The van der Waals surface area contributed by atoms with Gasteiger partial charge < -0.3 is 9.64 Å². The van der Waals surface area contributed by atoms with E-state index in [-0.39, 0.29) is 24.4 Å². The van der Waals surface area contributed by atoms with Crippen LogP contribution < -0.4 is 0 Å². The predicted molar refractivity (Wildman–Crippen MR) is 93.4 cm³/mol. The maximum Gasteiger partial charge on any atom is 0.411 e. The van der Waals surface area contributed by atoms with Gasteiger partial charge in [-0.1, -0.05) is 44.2 Å². The molecule has 0 bridgehead atoms. The van der Waals surface area contributed by atoms with E-state index in [4.69, 9.17) is 4.74 Å². The van der Waals surface area contributed by atoms with Crippen LogP contribution in [0.2, 0.25) is 0 Å². The Balaban J connectivity index is 2.12. The molecule has 0 aliphatic carbocycles. The quantitative estimate of drug-likeness (QED) is 0.853. The van der Waals surface area contributed by atoms with Gasteiger partial charge in [0.15, 0.2) is 0 Å². The number of nitrogens with zero attached hydrogens (tertiary/aromatic N) is 2. The van der Waals surface area contributed by atoms with Crippen molar-refractivity contribution in [2.24, 2.45) is 5.92 Å². The number of rotatable bonds is 3. The van der Waals surface area contributed by atoms with Crippen molar-refractivity contribution in [3.63, 3.8) is 0 Å². The molecule has 1 atom stereocenters. The topological polar surface area (TPSA) is 49.9 Å². The van der Waals surface area contributed by atoms with E-state index in [1.54, 1.807) is 4.90 Å². The van der Waals surface area contributed by atoms with Gasteiger partial charge in [0.05, 0.1) is 6.04 Å². The zero-order valence-corrected chi connectivity index (χ0v) is 15.3. The lowest BCUT2D eigenvalue weighted by molar-refractivity contribution is -0.139. The van der Waals surface area contributed by atoms with E-state index in [9.17, 15) is 9.59 Å². The average molecular weight is 332 g/mol. The molecule has 132 valence electrons. The van der Waals surface area contributed by atoms with Crippen LogP contribution in [0.25, 0.3) is 0 Å². The van der Waals surface area contributed by atoms with Crippen molar-refractivity contribution < 1.29 is 14.3 Å². The summed E-state index contributed by atoms with van der Waals surface area (Å²) >= 11 is 0. The Morgan fingerprint density at radius 2 is 1.88 bits per heavy atom. The summed E-state index contributed by atoms with van der Waals surface area (Å²) in [6.45, 7) is 10.8. The van der Waals surface area contributed by atoms with Crippen molar-refractivity contribution >= 4 is 12.0 Å². The van der Waals surface area contributed by atoms with Crippen LogP contribution in [-0.4, -0.2) is 46.5 Å². The van der Waals surface area contributed by atoms with Gasteiger partial charge in [-0.2, -0.15) is 0 Å². The fourth-order valence-corrected chi connectivity index (χ4v) is 2.84. The van der Waals surface area contributed by atoms with Gasteiger partial charge in [0, 0.05) is 13.1 Å². The minimum atomic E-state index is -0.567. The van der Waals surface area contributed by atoms with Crippen LogP contribution in [0.3, 0.4) is 0 Å². The number of amides is 2. The van der Waals surface area contributed by atoms with Crippen LogP contribution in [0.4, 0.5) is 4.79 Å². The molecule has 24 heavy (non-hydrogen) atoms. The molecule has 0 N–H and O–H groups in total. The second kappa shape index (κ2) is 7.24. The van der Waals surface area contributed by atoms with Crippen LogP contribution >= 0.6 is 0 Å². The van der Waals surface area contributed by atoms with Gasteiger partial charge in [-0.15, -0.1) is 0 Å². The van der Waals surface area contributed by atoms with Gasteiger partial charge >= 0.3 is 6.09 Å². The molecule has 2 amide bonds. The van der Waals surface area contributed by atoms with Gasteiger partial charge in [0.2, 0.25) is 5.91 Å². The van der Waals surface area contributed by atoms with E-state index in [0.29, 0.717) is 13.1 Å². The summed E-state index contributed by atoms with van der Waals surface area (Å²) in [5.74, 6) is 0.200. The van der Waals surface area contributed by atoms with Crippen molar-refractivity contribution in [1.29, 1.82) is 0 Å². The zero-order valence-electron chi connectivity index (χ0n) is 15.3. The highest BCUT2D eigenvalue weighted by atomic mass is 16.6. The fraction of sp³-hybridized carbons (Fsp3) is 0.579. The first-order valence-electron chi connectivity index (χ1n) is 8.48. The van der Waals surface area contributed by atoms with Gasteiger partial charge in [0.1, 0.15) is 12.1 Å². The van der Waals surface area contributed by atoms with Crippen LogP contribution in [0, 0.1) is 5.92 Å². The molecule has 1 aromatic rings. The second-order valence-corrected chi connectivity index (χ2v) is 7.68. The summed E-state index contributed by atoms with van der Waals surface area (Å²) in [7, 11) is 0. The van der Waals surface area contributed by atoms with E-state index in [1.165, 1.54) is 0 Å². The Hall–Kier alpha value is -2.04. The Kier molecular flexibility index (Phi) is 5.52. The predicted octanol–water partition coefficient (Wildman–Crippen LogP) is 3.29. The number of carbonyl (C=O) groups excluding carboxylic acids is 2. The van der Waals surface area contributed by atoms with Crippen LogP contribution in [-0.2, 0) is 16.1 Å². The molecule has 1 heterocycles. The van der Waals surface area contributed by atoms with Crippen molar-refractivity contribution in [2.75, 3.05) is 13.1 Å². The molecule has 0 radical (unpaired) electrons. The standard InChI is InChI=1S/C19H28N2O3/c1-14(2)16-12-20(11-15-9-7-6-8-10-15)17(22)13-21(16)18(23)24-19(3,4)5/h6-10,14,16H,11-13H2,1-5H3/t16-/m1/s1. The maximum atomic E-state index is 12.5. The van der Waals surface area contributed by atoms with Gasteiger partial charge in [-0.25, -0.2) is 4.79 Å². The average Bonchev–Trinajstić information content (AvgIpc) is 2.48. The van der Waals surface area contributed by atoms with Crippen molar-refractivity contribution in [1.82, 2.24) is 9.80 Å². The molecule has 0 saturated carbocycles. The lowest BCUT2D eigenvalue weighted by atomic mass is 9.99. The number of ether oxygens (including phenoxy) is 1. The van der Waals surface area contributed by atoms with Crippen molar-refractivity contribution in [2.45, 2.75) is 52.8 Å². The molecular weight excluding hydrogens is 304 g/mol. The summed E-state index contributed by atoms with van der Waals surface area (Å²) in [5.41, 5.74) is 0.530. The molecule has 1 saturated heterocycles. The highest BCUT2D eigenvalue weighted by molar-refractivity contribution is 5.84. The minimum absolute atomic E-state index is 0.0402. The van der Waals surface area contributed by atoms with Gasteiger partial charge in [-0.05, 0) is 32.3 Å². The molecule has 0 unspecified atom stereocenters. The third-order valence-corrected chi connectivity index (χ3v) is 4.08. The lowest BCUT2D eigenvalue weighted by Crippen LogP contribution is -2.59. The smallest absolute Gasteiger partial charge is 0.411 e. The Bertz CT molecular complexity index is 578. The monoisotopic (exact) mass is 332 g/mol. The summed E-state index contributed by atoms with van der Waals surface area (Å²) in [6.07, 6.45) is -0.408. The third kappa shape index (κ3) is 4.73. The van der Waals surface area contributed by atoms with Crippen molar-refractivity contribution in [3.8, 4) is 0 Å². The molecular formula is C19H28N2O3. The molecule has 2 rings (SSSR count). The first-order valence-corrected chi connectivity index (χ1v) is 8.48. The van der Waals surface area contributed by atoms with Crippen LogP contribution in [0.15, 0.2) is 30.3 Å². The van der Waals surface area contributed by atoms with E-state index >= 15 is 0 Å². The van der Waals surface area contributed by atoms with Gasteiger partial charge in [0.25, 0.3) is 0 Å². The van der Waals surface area contributed by atoms with E-state index < -0.39 is 11.7 Å². The van der Waals surface area contributed by atoms with E-state index in [2.05, 4.69) is 13.8 Å². The molecule has 1 aromatic carbocycles. The van der Waals surface area contributed by atoms with Crippen LogP contribution in [0.1, 0.15) is 40.2 Å². The fourth-order valence-electron chi connectivity index (χ4n) is 2.84. The largest absolute Gasteiger partial charge is 0.444 e. The Morgan fingerprint density at radius 3 is 2.42 bits per heavy atom. The summed E-state index contributed by atoms with van der Waals surface area (Å²) in [6, 6.07) is 9.88. The Morgan fingerprint density at radius 1 is 1.25 bits per heavy atom. The first kappa shape index (κ1) is 18.3. The lowest BCUT2D eigenvalue weighted by Gasteiger charge is -2.43. The number of benzene rings is 1. The minimum Gasteiger partial charge on any atom is -0.444 e. The van der Waals surface area contributed by atoms with E-state index in [1.807, 2.05) is 56.0 Å². The van der Waals surface area contributed by atoms with E-state index in [0.717, 1.165) is 5.56 Å². The zero-order chi connectivity index (χ0) is 17.9. The molecule has 0 spiro atoms. The number of piperazine rings is 1. The summed E-state index contributed by atoms with van der Waals surface area (Å²) < 4.78 is 5.48. The molecule has 5 nitrogen and oxygen atoms in total. The maximum absolute atomic E-state index is 12.5. The first-order chi connectivity index (χ1) is 11.2. The van der Waals surface area contributed by atoms with Crippen LogP contribution in [0.5, 0.6) is 0 Å². The SMILES string of the molecule is CC(C)[C@H]1CN(Cc2ccccc2)C(=O)CN1C(=O)OC(C)(C)C. The number of hydrogen-bond acceptors (Lipinski definition) is 3. The molecule has 1 fully saturated rings. The molecule has 5 heteroatoms. The Labute approximate surface area is 144 Å². The number of carbonyl (C=O) groups is 2. The van der Waals surface area contributed by atoms with Crippen molar-refractivity contribution in [3.05, 3.63) is 35.9 Å². The summed E-state index contributed by atoms with van der Waals surface area (Å²) in [4.78, 5) is 28.4. The molecule has 1 aliphatic heterocycles. The third-order valence-electron chi connectivity index (χ3n) is 4.08. The summed E-state index contributed by atoms with van der Waals surface area (Å²) in [5, 5.41) is 0. The van der Waals surface area contributed by atoms with Gasteiger partial charge in [-0.3, -0.25) is 9.69 Å². The second-order valence-electron chi connectivity index (χ2n) is 7.68. The normalized spacial score (nSPS) is 18.9. The molecule has 1 aliphatic rings. The molecule has 0 aromatic heterocycles.